The predicted octanol–water partition coefficient (Wildman–Crippen LogP) is 3.47. The first-order chi connectivity index (χ1) is 7.29. The van der Waals surface area contributed by atoms with Gasteiger partial charge in [-0.2, -0.15) is 0 Å². The van der Waals surface area contributed by atoms with Gasteiger partial charge in [-0.25, -0.2) is 0 Å². The molecule has 1 aliphatic rings. The summed E-state index contributed by atoms with van der Waals surface area (Å²) in [5.41, 5.74) is 2.24. The Morgan fingerprint density at radius 2 is 1.93 bits per heavy atom. The quantitative estimate of drug-likeness (QED) is 0.728. The summed E-state index contributed by atoms with van der Waals surface area (Å²) >= 11 is 0. The van der Waals surface area contributed by atoms with Crippen LogP contribution in [0.3, 0.4) is 0 Å². The van der Waals surface area contributed by atoms with E-state index >= 15 is 0 Å². The molecule has 1 saturated carbocycles. The maximum absolute atomic E-state index is 10.3. The van der Waals surface area contributed by atoms with E-state index in [2.05, 4.69) is 6.58 Å². The van der Waals surface area contributed by atoms with Gasteiger partial charge in [0.25, 0.3) is 0 Å². The molecule has 1 N–H and O–H groups in total. The van der Waals surface area contributed by atoms with Crippen molar-refractivity contribution in [1.29, 1.82) is 0 Å². The Morgan fingerprint density at radius 3 is 2.60 bits per heavy atom. The van der Waals surface area contributed by atoms with E-state index in [-0.39, 0.29) is 12.0 Å². The second kappa shape index (κ2) is 4.63. The van der Waals surface area contributed by atoms with Crippen molar-refractivity contribution in [2.75, 3.05) is 0 Å². The van der Waals surface area contributed by atoms with E-state index in [0.29, 0.717) is 0 Å². The fourth-order valence-corrected chi connectivity index (χ4v) is 2.37. The second-order valence-electron chi connectivity index (χ2n) is 4.37. The topological polar surface area (TPSA) is 20.2 Å². The number of hydrogen-bond acceptors (Lipinski definition) is 1. The van der Waals surface area contributed by atoms with Crippen LogP contribution in [0.25, 0.3) is 0 Å². The predicted molar refractivity (Wildman–Crippen MR) is 62.5 cm³/mol. The Bertz CT molecular complexity index is 328. The molecular weight excluding hydrogens is 184 g/mol. The van der Waals surface area contributed by atoms with Crippen LogP contribution in [0, 0.1) is 5.92 Å². The lowest BCUT2D eigenvalue weighted by Crippen LogP contribution is -2.18. The number of aliphatic hydroxyl groups is 1. The van der Waals surface area contributed by atoms with Crippen molar-refractivity contribution in [3.63, 3.8) is 0 Å². The van der Waals surface area contributed by atoms with Gasteiger partial charge in [0, 0.05) is 5.92 Å². The van der Waals surface area contributed by atoms with Crippen molar-refractivity contribution in [2.45, 2.75) is 31.8 Å². The second-order valence-corrected chi connectivity index (χ2v) is 4.37. The summed E-state index contributed by atoms with van der Waals surface area (Å²) in [6.07, 6.45) is 4.24. The summed E-state index contributed by atoms with van der Waals surface area (Å²) < 4.78 is 0. The zero-order chi connectivity index (χ0) is 10.7. The Morgan fingerprint density at radius 1 is 1.20 bits per heavy atom. The van der Waals surface area contributed by atoms with Crippen molar-refractivity contribution in [2.24, 2.45) is 5.92 Å². The molecule has 80 valence electrons. The fraction of sp³-hybridized carbons (Fsp3) is 0.429. The molecule has 1 aliphatic carbocycles. The van der Waals surface area contributed by atoms with Crippen LogP contribution in [0.4, 0.5) is 0 Å². The molecule has 1 fully saturated rings. The number of aliphatic hydroxyl groups excluding tert-OH is 1. The van der Waals surface area contributed by atoms with Crippen LogP contribution >= 0.6 is 0 Å². The standard InChI is InChI=1S/C14H18O/c1-11-7-5-6-10-13(11)14(15)12-8-3-2-4-9-12/h2-4,8-9,13-15H,1,5-7,10H2. The molecule has 0 spiro atoms. The minimum Gasteiger partial charge on any atom is -0.388 e. The van der Waals surface area contributed by atoms with E-state index in [1.165, 1.54) is 18.4 Å². The van der Waals surface area contributed by atoms with Gasteiger partial charge >= 0.3 is 0 Å². The lowest BCUT2D eigenvalue weighted by molar-refractivity contribution is 0.112. The van der Waals surface area contributed by atoms with Crippen molar-refractivity contribution in [3.8, 4) is 0 Å². The molecule has 1 aromatic carbocycles. The molecule has 0 saturated heterocycles. The van der Waals surface area contributed by atoms with Crippen LogP contribution < -0.4 is 0 Å². The third-order valence-corrected chi connectivity index (χ3v) is 3.31. The van der Waals surface area contributed by atoms with Gasteiger partial charge in [0.05, 0.1) is 6.10 Å². The fourth-order valence-electron chi connectivity index (χ4n) is 2.37. The molecule has 1 nitrogen and oxygen atoms in total. The highest BCUT2D eigenvalue weighted by Gasteiger charge is 2.25. The molecule has 2 unspecified atom stereocenters. The maximum atomic E-state index is 10.3. The van der Waals surface area contributed by atoms with Crippen LogP contribution in [-0.2, 0) is 0 Å². The summed E-state index contributed by atoms with van der Waals surface area (Å²) in [7, 11) is 0. The molecule has 0 heterocycles. The van der Waals surface area contributed by atoms with Crippen LogP contribution in [0.5, 0.6) is 0 Å². The zero-order valence-electron chi connectivity index (χ0n) is 9.02. The molecule has 0 radical (unpaired) electrons. The highest BCUT2D eigenvalue weighted by molar-refractivity contribution is 5.21. The Balaban J connectivity index is 2.13. The van der Waals surface area contributed by atoms with Gasteiger partial charge in [-0.15, -0.1) is 0 Å². The number of hydrogen-bond donors (Lipinski definition) is 1. The van der Waals surface area contributed by atoms with Crippen LogP contribution in [0.15, 0.2) is 42.5 Å². The minimum absolute atomic E-state index is 0.265. The van der Waals surface area contributed by atoms with Gasteiger partial charge in [0.15, 0.2) is 0 Å². The van der Waals surface area contributed by atoms with Crippen molar-refractivity contribution in [3.05, 3.63) is 48.0 Å². The first-order valence-electron chi connectivity index (χ1n) is 5.69. The summed E-state index contributed by atoms with van der Waals surface area (Å²) in [5, 5.41) is 10.3. The third kappa shape index (κ3) is 2.29. The van der Waals surface area contributed by atoms with Gasteiger partial charge in [0.2, 0.25) is 0 Å². The number of rotatable bonds is 2. The van der Waals surface area contributed by atoms with Gasteiger partial charge in [-0.1, -0.05) is 48.9 Å². The summed E-state index contributed by atoms with van der Waals surface area (Å²) in [6, 6.07) is 9.92. The lowest BCUT2D eigenvalue weighted by Gasteiger charge is -2.29. The van der Waals surface area contributed by atoms with Gasteiger partial charge in [-0.05, 0) is 24.8 Å². The number of benzene rings is 1. The Kier molecular flexibility index (Phi) is 3.22. The molecule has 1 aromatic rings. The molecule has 0 amide bonds. The van der Waals surface area contributed by atoms with Crippen LogP contribution in [-0.4, -0.2) is 5.11 Å². The molecule has 0 aliphatic heterocycles. The molecule has 2 atom stereocenters. The van der Waals surface area contributed by atoms with Crippen LogP contribution in [0.2, 0.25) is 0 Å². The third-order valence-electron chi connectivity index (χ3n) is 3.31. The van der Waals surface area contributed by atoms with E-state index < -0.39 is 0 Å². The molecule has 1 heteroatoms. The monoisotopic (exact) mass is 202 g/mol. The minimum atomic E-state index is -0.362. The largest absolute Gasteiger partial charge is 0.388 e. The van der Waals surface area contributed by atoms with Gasteiger partial charge in [0.1, 0.15) is 0 Å². The SMILES string of the molecule is C=C1CCCCC1C(O)c1ccccc1. The van der Waals surface area contributed by atoms with Gasteiger partial charge in [-0.3, -0.25) is 0 Å². The summed E-state index contributed by atoms with van der Waals surface area (Å²) in [5.74, 6) is 0.265. The van der Waals surface area contributed by atoms with Crippen LogP contribution in [0.1, 0.15) is 37.4 Å². The lowest BCUT2D eigenvalue weighted by atomic mass is 9.79. The maximum Gasteiger partial charge on any atom is 0.0855 e. The first-order valence-corrected chi connectivity index (χ1v) is 5.69. The molecular formula is C14H18O. The van der Waals surface area contributed by atoms with E-state index in [1.807, 2.05) is 30.3 Å². The zero-order valence-corrected chi connectivity index (χ0v) is 9.02. The molecule has 15 heavy (non-hydrogen) atoms. The first kappa shape index (κ1) is 10.4. The highest BCUT2D eigenvalue weighted by atomic mass is 16.3. The molecule has 0 aromatic heterocycles. The summed E-state index contributed by atoms with van der Waals surface area (Å²) in [4.78, 5) is 0. The van der Waals surface area contributed by atoms with E-state index in [4.69, 9.17) is 0 Å². The van der Waals surface area contributed by atoms with Crippen molar-refractivity contribution >= 4 is 0 Å². The van der Waals surface area contributed by atoms with Gasteiger partial charge < -0.3 is 5.11 Å². The molecule has 0 bridgehead atoms. The van der Waals surface area contributed by atoms with E-state index in [9.17, 15) is 5.11 Å². The molecule has 2 rings (SSSR count). The average molecular weight is 202 g/mol. The smallest absolute Gasteiger partial charge is 0.0855 e. The van der Waals surface area contributed by atoms with Crippen molar-refractivity contribution in [1.82, 2.24) is 0 Å². The Labute approximate surface area is 91.4 Å². The normalized spacial score (nSPS) is 23.8. The van der Waals surface area contributed by atoms with Crippen molar-refractivity contribution < 1.29 is 5.11 Å². The Hall–Kier alpha value is -1.08. The highest BCUT2D eigenvalue weighted by Crippen LogP contribution is 2.37. The van der Waals surface area contributed by atoms with E-state index in [0.717, 1.165) is 18.4 Å². The van der Waals surface area contributed by atoms with E-state index in [1.54, 1.807) is 0 Å². The summed E-state index contributed by atoms with van der Waals surface area (Å²) in [6.45, 7) is 4.08. The average Bonchev–Trinajstić information content (AvgIpc) is 2.30.